The molecule has 1 fully saturated rings. The molecular formula is C17H21N3OS. The van der Waals surface area contributed by atoms with E-state index in [2.05, 4.69) is 16.0 Å². The lowest BCUT2D eigenvalue weighted by atomic mass is 10.0. The van der Waals surface area contributed by atoms with Crippen LogP contribution in [0.15, 0.2) is 35.0 Å². The molecule has 0 saturated carbocycles. The number of likely N-dealkylation sites (N-methyl/N-ethyl adjacent to an activating group) is 1. The van der Waals surface area contributed by atoms with Crippen molar-refractivity contribution in [1.29, 1.82) is 0 Å². The fraction of sp³-hybridized carbons (Fsp3) is 0.412. The van der Waals surface area contributed by atoms with Gasteiger partial charge in [0.15, 0.2) is 0 Å². The maximum absolute atomic E-state index is 12.5. The van der Waals surface area contributed by atoms with Gasteiger partial charge in [0.05, 0.1) is 5.56 Å². The fourth-order valence-corrected chi connectivity index (χ4v) is 3.57. The molecule has 0 aliphatic carbocycles. The average molecular weight is 315 g/mol. The molecule has 3 rings (SSSR count). The van der Waals surface area contributed by atoms with Gasteiger partial charge in [0.25, 0.3) is 5.91 Å². The normalized spacial score (nSPS) is 18.3. The van der Waals surface area contributed by atoms with E-state index in [-0.39, 0.29) is 11.9 Å². The Kier molecular flexibility index (Phi) is 4.43. The molecular weight excluding hydrogens is 294 g/mol. The molecule has 0 N–H and O–H groups in total. The molecule has 116 valence electrons. The largest absolute Gasteiger partial charge is 0.355 e. The summed E-state index contributed by atoms with van der Waals surface area (Å²) in [5, 5.41) is 3.87. The van der Waals surface area contributed by atoms with Crippen molar-refractivity contribution >= 4 is 23.1 Å². The minimum absolute atomic E-state index is 0.116. The highest BCUT2D eigenvalue weighted by Crippen LogP contribution is 2.22. The zero-order valence-corrected chi connectivity index (χ0v) is 13.8. The predicted molar refractivity (Wildman–Crippen MR) is 90.6 cm³/mol. The Balaban J connectivity index is 1.71. The van der Waals surface area contributed by atoms with Gasteiger partial charge in [-0.1, -0.05) is 6.07 Å². The van der Waals surface area contributed by atoms with E-state index in [1.165, 1.54) is 0 Å². The second kappa shape index (κ2) is 6.48. The van der Waals surface area contributed by atoms with Crippen LogP contribution >= 0.6 is 11.3 Å². The molecule has 1 aliphatic heterocycles. The van der Waals surface area contributed by atoms with Crippen molar-refractivity contribution in [1.82, 2.24) is 9.88 Å². The zero-order chi connectivity index (χ0) is 15.5. The Morgan fingerprint density at radius 3 is 3.00 bits per heavy atom. The number of nitrogens with zero attached hydrogens (tertiary/aromatic N) is 3. The van der Waals surface area contributed by atoms with Crippen molar-refractivity contribution in [3.8, 4) is 0 Å². The summed E-state index contributed by atoms with van der Waals surface area (Å²) in [6.45, 7) is 3.87. The summed E-state index contributed by atoms with van der Waals surface area (Å²) in [6, 6.07) is 8.24. The molecule has 0 radical (unpaired) electrons. The molecule has 2 aromatic rings. The third-order valence-electron chi connectivity index (χ3n) is 4.23. The van der Waals surface area contributed by atoms with Gasteiger partial charge in [-0.15, -0.1) is 0 Å². The van der Waals surface area contributed by atoms with Crippen LogP contribution < -0.4 is 4.90 Å². The van der Waals surface area contributed by atoms with Gasteiger partial charge in [-0.3, -0.25) is 4.79 Å². The number of anilines is 1. The van der Waals surface area contributed by atoms with Gasteiger partial charge in [-0.05, 0) is 43.3 Å². The van der Waals surface area contributed by atoms with Crippen molar-refractivity contribution in [2.75, 3.05) is 25.0 Å². The lowest BCUT2D eigenvalue weighted by molar-refractivity contribution is 0.0718. The maximum atomic E-state index is 12.5. The first kappa shape index (κ1) is 15.0. The maximum Gasteiger partial charge on any atom is 0.254 e. The van der Waals surface area contributed by atoms with Crippen LogP contribution in [0, 0.1) is 6.92 Å². The summed E-state index contributed by atoms with van der Waals surface area (Å²) >= 11 is 1.56. The van der Waals surface area contributed by atoms with Gasteiger partial charge in [0.1, 0.15) is 5.82 Å². The number of rotatable bonds is 3. The number of carbonyl (C=O) groups excluding carboxylic acids is 1. The molecule has 5 heteroatoms. The molecule has 3 heterocycles. The van der Waals surface area contributed by atoms with E-state index in [9.17, 15) is 4.79 Å². The van der Waals surface area contributed by atoms with E-state index < -0.39 is 0 Å². The summed E-state index contributed by atoms with van der Waals surface area (Å²) < 4.78 is 0. The number of aromatic nitrogens is 1. The first-order valence-electron chi connectivity index (χ1n) is 7.63. The molecule has 0 spiro atoms. The molecule has 0 unspecified atom stereocenters. The summed E-state index contributed by atoms with van der Waals surface area (Å²) in [4.78, 5) is 21.3. The van der Waals surface area contributed by atoms with E-state index in [1.807, 2.05) is 47.8 Å². The van der Waals surface area contributed by atoms with Crippen molar-refractivity contribution in [3.63, 3.8) is 0 Å². The standard InChI is InChI=1S/C17H21N3OS/c1-13-5-3-7-16(18-13)20-9-4-6-15(11-20)19(2)17(21)14-8-10-22-12-14/h3,5,7-8,10,12,15H,4,6,9,11H2,1-2H3/t15-/m0/s1. The van der Waals surface area contributed by atoms with E-state index in [0.29, 0.717) is 0 Å². The molecule has 1 aliphatic rings. The van der Waals surface area contributed by atoms with Crippen molar-refractivity contribution in [3.05, 3.63) is 46.3 Å². The van der Waals surface area contributed by atoms with Crippen LogP contribution in [-0.2, 0) is 0 Å². The Morgan fingerprint density at radius 2 is 2.27 bits per heavy atom. The molecule has 1 saturated heterocycles. The fourth-order valence-electron chi connectivity index (χ4n) is 2.94. The van der Waals surface area contributed by atoms with E-state index in [1.54, 1.807) is 11.3 Å². The van der Waals surface area contributed by atoms with Gasteiger partial charge < -0.3 is 9.80 Å². The molecule has 1 amide bonds. The number of amides is 1. The smallest absolute Gasteiger partial charge is 0.254 e. The van der Waals surface area contributed by atoms with E-state index in [0.717, 1.165) is 43.0 Å². The number of pyridine rings is 1. The third-order valence-corrected chi connectivity index (χ3v) is 4.91. The highest BCUT2D eigenvalue weighted by atomic mass is 32.1. The van der Waals surface area contributed by atoms with E-state index >= 15 is 0 Å². The Morgan fingerprint density at radius 1 is 1.41 bits per heavy atom. The van der Waals surface area contributed by atoms with Crippen LogP contribution in [0.2, 0.25) is 0 Å². The van der Waals surface area contributed by atoms with E-state index in [4.69, 9.17) is 0 Å². The first-order valence-corrected chi connectivity index (χ1v) is 8.57. The molecule has 0 bridgehead atoms. The monoisotopic (exact) mass is 315 g/mol. The number of hydrogen-bond acceptors (Lipinski definition) is 4. The summed E-state index contributed by atoms with van der Waals surface area (Å²) in [5.74, 6) is 1.13. The lowest BCUT2D eigenvalue weighted by Gasteiger charge is -2.38. The second-order valence-electron chi connectivity index (χ2n) is 5.81. The lowest BCUT2D eigenvalue weighted by Crippen LogP contribution is -2.48. The van der Waals surface area contributed by atoms with Gasteiger partial charge in [0.2, 0.25) is 0 Å². The number of hydrogen-bond donors (Lipinski definition) is 0. The van der Waals surface area contributed by atoms with Crippen LogP contribution in [-0.4, -0.2) is 42.0 Å². The zero-order valence-electron chi connectivity index (χ0n) is 13.0. The van der Waals surface area contributed by atoms with Crippen LogP contribution in [0.3, 0.4) is 0 Å². The Labute approximate surface area is 135 Å². The predicted octanol–water partition coefficient (Wildman–Crippen LogP) is 3.19. The highest BCUT2D eigenvalue weighted by Gasteiger charge is 2.27. The first-order chi connectivity index (χ1) is 10.6. The quantitative estimate of drug-likeness (QED) is 0.873. The number of aryl methyl sites for hydroxylation is 1. The summed E-state index contributed by atoms with van der Waals surface area (Å²) in [5.41, 5.74) is 1.82. The highest BCUT2D eigenvalue weighted by molar-refractivity contribution is 7.08. The average Bonchev–Trinajstić information content (AvgIpc) is 3.08. The minimum Gasteiger partial charge on any atom is -0.355 e. The SMILES string of the molecule is Cc1cccc(N2CCC[C@H](N(C)C(=O)c3ccsc3)C2)n1. The van der Waals surface area contributed by atoms with Crippen molar-refractivity contribution in [2.24, 2.45) is 0 Å². The molecule has 1 atom stereocenters. The molecule has 2 aromatic heterocycles. The van der Waals surface area contributed by atoms with Gasteiger partial charge >= 0.3 is 0 Å². The summed E-state index contributed by atoms with van der Waals surface area (Å²) in [6.07, 6.45) is 2.14. The Hall–Kier alpha value is -1.88. The summed E-state index contributed by atoms with van der Waals surface area (Å²) in [7, 11) is 1.91. The van der Waals surface area contributed by atoms with Crippen LogP contribution in [0.5, 0.6) is 0 Å². The van der Waals surface area contributed by atoms with Crippen LogP contribution in [0.1, 0.15) is 28.9 Å². The number of carbonyl (C=O) groups is 1. The van der Waals surface area contributed by atoms with Gasteiger partial charge in [-0.2, -0.15) is 11.3 Å². The van der Waals surface area contributed by atoms with Gasteiger partial charge in [0, 0.05) is 37.3 Å². The van der Waals surface area contributed by atoms with Crippen molar-refractivity contribution in [2.45, 2.75) is 25.8 Å². The van der Waals surface area contributed by atoms with Crippen LogP contribution in [0.4, 0.5) is 5.82 Å². The molecule has 4 nitrogen and oxygen atoms in total. The Bertz CT molecular complexity index is 641. The third kappa shape index (κ3) is 3.14. The second-order valence-corrected chi connectivity index (χ2v) is 6.59. The minimum atomic E-state index is 0.116. The topological polar surface area (TPSA) is 36.4 Å². The number of piperidine rings is 1. The van der Waals surface area contributed by atoms with Crippen molar-refractivity contribution < 1.29 is 4.79 Å². The van der Waals surface area contributed by atoms with Gasteiger partial charge in [-0.25, -0.2) is 4.98 Å². The number of thiophene rings is 1. The van der Waals surface area contributed by atoms with Crippen LogP contribution in [0.25, 0.3) is 0 Å². The molecule has 22 heavy (non-hydrogen) atoms. The molecule has 0 aromatic carbocycles.